The summed E-state index contributed by atoms with van der Waals surface area (Å²) in [5.41, 5.74) is 1.71. The van der Waals surface area contributed by atoms with Crippen LogP contribution in [-0.4, -0.2) is 78.2 Å². The number of ether oxygens (including phenoxy) is 1. The van der Waals surface area contributed by atoms with Gasteiger partial charge in [-0.05, 0) is 42.8 Å². The number of methoxy groups -OCH3 is 1. The molecule has 2 aromatic heterocycles. The highest BCUT2D eigenvalue weighted by Crippen LogP contribution is 2.23. The van der Waals surface area contributed by atoms with Crippen molar-refractivity contribution in [3.63, 3.8) is 0 Å². The molecule has 0 radical (unpaired) electrons. The summed E-state index contributed by atoms with van der Waals surface area (Å²) < 4.78 is 10.5. The molecule has 34 heavy (non-hydrogen) atoms. The Morgan fingerprint density at radius 2 is 1.88 bits per heavy atom. The summed E-state index contributed by atoms with van der Waals surface area (Å²) >= 11 is 0. The van der Waals surface area contributed by atoms with Gasteiger partial charge in [0.2, 0.25) is 5.91 Å². The first kappa shape index (κ1) is 23.3. The fraction of sp³-hybridized carbons (Fsp3) is 0.360. The summed E-state index contributed by atoms with van der Waals surface area (Å²) in [4.78, 5) is 31.0. The Kier molecular flexibility index (Phi) is 7.41. The van der Waals surface area contributed by atoms with Crippen LogP contribution in [0.4, 0.5) is 5.82 Å². The number of piperazine rings is 1. The zero-order valence-electron chi connectivity index (χ0n) is 19.5. The third-order valence-electron chi connectivity index (χ3n) is 5.81. The zero-order chi connectivity index (χ0) is 23.9. The number of carbonyl (C=O) groups excluding carboxylic acids is 2. The van der Waals surface area contributed by atoms with E-state index in [2.05, 4.69) is 15.1 Å². The van der Waals surface area contributed by atoms with Crippen LogP contribution in [0.3, 0.4) is 0 Å². The van der Waals surface area contributed by atoms with Gasteiger partial charge in [0, 0.05) is 38.3 Å². The van der Waals surface area contributed by atoms with Gasteiger partial charge in [0.15, 0.2) is 11.6 Å². The van der Waals surface area contributed by atoms with Gasteiger partial charge in [0.1, 0.15) is 12.3 Å². The van der Waals surface area contributed by atoms with Crippen LogP contribution in [-0.2, 0) is 4.79 Å². The van der Waals surface area contributed by atoms with Gasteiger partial charge in [-0.25, -0.2) is 0 Å². The standard InChI is InChI=1S/C25H29N5O4/c1-3-11-30(25(32)22-8-5-16-34-22)18-24(31)29-14-12-28(13-15-29)23-10-9-21(26-27-23)19-6-4-7-20(17-19)33-2/h4-10,16-17H,3,11-15,18H2,1-2H3. The third-order valence-corrected chi connectivity index (χ3v) is 5.81. The van der Waals surface area contributed by atoms with Crippen LogP contribution >= 0.6 is 0 Å². The highest BCUT2D eigenvalue weighted by molar-refractivity contribution is 5.94. The fourth-order valence-corrected chi connectivity index (χ4v) is 3.96. The molecular weight excluding hydrogens is 434 g/mol. The quantitative estimate of drug-likeness (QED) is 0.507. The molecule has 9 heteroatoms. The second-order valence-electron chi connectivity index (χ2n) is 8.08. The zero-order valence-corrected chi connectivity index (χ0v) is 19.5. The van der Waals surface area contributed by atoms with Crippen LogP contribution in [0.15, 0.2) is 59.2 Å². The van der Waals surface area contributed by atoms with E-state index in [0.717, 1.165) is 29.2 Å². The molecule has 1 aliphatic rings. The Balaban J connectivity index is 1.33. The van der Waals surface area contributed by atoms with Crippen molar-refractivity contribution in [3.05, 3.63) is 60.6 Å². The Morgan fingerprint density at radius 3 is 2.53 bits per heavy atom. The minimum Gasteiger partial charge on any atom is -0.497 e. The molecule has 3 heterocycles. The summed E-state index contributed by atoms with van der Waals surface area (Å²) in [5.74, 6) is 1.48. The van der Waals surface area contributed by atoms with Crippen molar-refractivity contribution < 1.29 is 18.7 Å². The van der Waals surface area contributed by atoms with Gasteiger partial charge in [0.25, 0.3) is 5.91 Å². The number of nitrogens with zero attached hydrogens (tertiary/aromatic N) is 5. The largest absolute Gasteiger partial charge is 0.497 e. The van der Waals surface area contributed by atoms with Crippen LogP contribution in [0.5, 0.6) is 5.75 Å². The van der Waals surface area contributed by atoms with Gasteiger partial charge in [0.05, 0.1) is 19.1 Å². The van der Waals surface area contributed by atoms with Gasteiger partial charge in [-0.2, -0.15) is 0 Å². The first-order chi connectivity index (χ1) is 16.6. The molecule has 3 aromatic rings. The molecule has 0 bridgehead atoms. The SMILES string of the molecule is CCCN(CC(=O)N1CCN(c2ccc(-c3cccc(OC)c3)nn2)CC1)C(=O)c1ccco1. The number of hydrogen-bond acceptors (Lipinski definition) is 7. The van der Waals surface area contributed by atoms with Crippen molar-refractivity contribution >= 4 is 17.6 Å². The second kappa shape index (κ2) is 10.8. The molecule has 1 saturated heterocycles. The molecule has 0 atom stereocenters. The van der Waals surface area contributed by atoms with Gasteiger partial charge in [-0.1, -0.05) is 19.1 Å². The number of amides is 2. The Hall–Kier alpha value is -3.88. The van der Waals surface area contributed by atoms with Gasteiger partial charge in [-0.3, -0.25) is 9.59 Å². The Morgan fingerprint density at radius 1 is 1.06 bits per heavy atom. The second-order valence-corrected chi connectivity index (χ2v) is 8.08. The lowest BCUT2D eigenvalue weighted by Crippen LogP contribution is -2.52. The van der Waals surface area contributed by atoms with Crippen molar-refractivity contribution in [2.45, 2.75) is 13.3 Å². The summed E-state index contributed by atoms with van der Waals surface area (Å²) in [6.45, 7) is 4.95. The van der Waals surface area contributed by atoms with Crippen molar-refractivity contribution in [2.24, 2.45) is 0 Å². The van der Waals surface area contributed by atoms with Gasteiger partial charge in [-0.15, -0.1) is 10.2 Å². The highest BCUT2D eigenvalue weighted by Gasteiger charge is 2.26. The summed E-state index contributed by atoms with van der Waals surface area (Å²) in [7, 11) is 1.64. The maximum absolute atomic E-state index is 12.9. The van der Waals surface area contributed by atoms with Crippen molar-refractivity contribution in [3.8, 4) is 17.0 Å². The lowest BCUT2D eigenvalue weighted by atomic mass is 10.1. The van der Waals surface area contributed by atoms with Crippen LogP contribution < -0.4 is 9.64 Å². The molecular formula is C25H29N5O4. The predicted octanol–water partition coefficient (Wildman–Crippen LogP) is 2.95. The van der Waals surface area contributed by atoms with Crippen LogP contribution in [0.25, 0.3) is 11.3 Å². The van der Waals surface area contributed by atoms with E-state index in [1.165, 1.54) is 6.26 Å². The number of rotatable bonds is 8. The molecule has 0 unspecified atom stereocenters. The van der Waals surface area contributed by atoms with Crippen LogP contribution in [0, 0.1) is 0 Å². The van der Waals surface area contributed by atoms with E-state index >= 15 is 0 Å². The molecule has 0 aliphatic carbocycles. The van der Waals surface area contributed by atoms with Crippen LogP contribution in [0.2, 0.25) is 0 Å². The predicted molar refractivity (Wildman–Crippen MR) is 128 cm³/mol. The lowest BCUT2D eigenvalue weighted by molar-refractivity contribution is -0.132. The molecule has 1 aromatic carbocycles. The van der Waals surface area contributed by atoms with E-state index in [-0.39, 0.29) is 24.1 Å². The summed E-state index contributed by atoms with van der Waals surface area (Å²) in [6, 6.07) is 14.9. The van der Waals surface area contributed by atoms with E-state index < -0.39 is 0 Å². The lowest BCUT2D eigenvalue weighted by Gasteiger charge is -2.36. The number of furan rings is 1. The van der Waals surface area contributed by atoms with E-state index in [4.69, 9.17) is 9.15 Å². The minimum atomic E-state index is -0.259. The molecule has 9 nitrogen and oxygen atoms in total. The molecule has 4 rings (SSSR count). The van der Waals surface area contributed by atoms with E-state index in [1.807, 2.05) is 43.3 Å². The van der Waals surface area contributed by atoms with Crippen LogP contribution in [0.1, 0.15) is 23.9 Å². The molecule has 0 spiro atoms. The maximum Gasteiger partial charge on any atom is 0.290 e. The van der Waals surface area contributed by atoms with E-state index in [1.54, 1.807) is 29.0 Å². The number of aromatic nitrogens is 2. The molecule has 178 valence electrons. The summed E-state index contributed by atoms with van der Waals surface area (Å²) in [5, 5.41) is 8.77. The van der Waals surface area contributed by atoms with Gasteiger partial charge >= 0.3 is 0 Å². The molecule has 1 fully saturated rings. The number of anilines is 1. The Labute approximate surface area is 198 Å². The van der Waals surface area contributed by atoms with Crippen molar-refractivity contribution in [1.82, 2.24) is 20.0 Å². The molecule has 0 saturated carbocycles. The third kappa shape index (κ3) is 5.36. The first-order valence-electron chi connectivity index (χ1n) is 11.4. The van der Waals surface area contributed by atoms with Crippen molar-refractivity contribution in [1.29, 1.82) is 0 Å². The normalized spacial score (nSPS) is 13.6. The average molecular weight is 464 g/mol. The molecule has 2 amide bonds. The molecule has 1 aliphatic heterocycles. The molecule has 0 N–H and O–H groups in total. The minimum absolute atomic E-state index is 0.0441. The fourth-order valence-electron chi connectivity index (χ4n) is 3.96. The highest BCUT2D eigenvalue weighted by atomic mass is 16.5. The number of benzene rings is 1. The monoisotopic (exact) mass is 463 g/mol. The number of carbonyl (C=O) groups is 2. The van der Waals surface area contributed by atoms with Crippen molar-refractivity contribution in [2.75, 3.05) is 51.3 Å². The van der Waals surface area contributed by atoms with E-state index in [9.17, 15) is 9.59 Å². The summed E-state index contributed by atoms with van der Waals surface area (Å²) in [6.07, 6.45) is 2.22. The first-order valence-corrected chi connectivity index (χ1v) is 11.4. The maximum atomic E-state index is 12.9. The topological polar surface area (TPSA) is 92.0 Å². The smallest absolute Gasteiger partial charge is 0.290 e. The van der Waals surface area contributed by atoms with Gasteiger partial charge < -0.3 is 23.9 Å². The van der Waals surface area contributed by atoms with E-state index in [0.29, 0.717) is 32.7 Å². The average Bonchev–Trinajstić information content (AvgIpc) is 3.43. The Bertz CT molecular complexity index is 1090. The number of hydrogen-bond donors (Lipinski definition) is 0.